The van der Waals surface area contributed by atoms with Gasteiger partial charge in [0.05, 0.1) is 13.2 Å². The Morgan fingerprint density at radius 1 is 1.56 bits per heavy atom. The summed E-state index contributed by atoms with van der Waals surface area (Å²) in [6.45, 7) is 2.18. The first-order valence-electron chi connectivity index (χ1n) is 5.90. The Kier molecular flexibility index (Phi) is 5.57. The van der Waals surface area contributed by atoms with Gasteiger partial charge in [-0.25, -0.2) is 4.79 Å². The molecule has 7 heteroatoms. The van der Waals surface area contributed by atoms with Gasteiger partial charge in [-0.15, -0.1) is 0 Å². The van der Waals surface area contributed by atoms with E-state index in [0.29, 0.717) is 6.54 Å². The smallest absolute Gasteiger partial charge is 0.329 e. The molecule has 0 aromatic heterocycles. The second-order valence-corrected chi connectivity index (χ2v) is 4.17. The summed E-state index contributed by atoms with van der Waals surface area (Å²) < 4.78 is 4.59. The van der Waals surface area contributed by atoms with Crippen molar-refractivity contribution < 1.29 is 19.1 Å². The third-order valence-electron chi connectivity index (χ3n) is 2.72. The van der Waals surface area contributed by atoms with Crippen molar-refractivity contribution >= 4 is 17.8 Å². The average molecular weight is 257 g/mol. The molecule has 0 aromatic rings. The Morgan fingerprint density at radius 2 is 2.28 bits per heavy atom. The summed E-state index contributed by atoms with van der Waals surface area (Å²) in [5.74, 6) is -0.929. The van der Waals surface area contributed by atoms with Gasteiger partial charge in [0.2, 0.25) is 11.8 Å². The van der Waals surface area contributed by atoms with Crippen LogP contribution in [0.3, 0.4) is 0 Å². The third kappa shape index (κ3) is 4.33. The molecule has 0 spiro atoms. The second kappa shape index (κ2) is 6.95. The molecule has 0 aromatic carbocycles. The topological polar surface area (TPSA) is 96.5 Å². The molecule has 0 aliphatic carbocycles. The van der Waals surface area contributed by atoms with E-state index in [1.54, 1.807) is 0 Å². The van der Waals surface area contributed by atoms with Gasteiger partial charge in [-0.3, -0.25) is 9.59 Å². The van der Waals surface area contributed by atoms with Gasteiger partial charge >= 0.3 is 5.97 Å². The predicted octanol–water partition coefficient (Wildman–Crippen LogP) is -1.47. The number of hydrogen-bond donors (Lipinski definition) is 3. The maximum absolute atomic E-state index is 11.5. The molecular formula is C11H19N3O4. The molecule has 1 aliphatic rings. The summed E-state index contributed by atoms with van der Waals surface area (Å²) in [6.07, 6.45) is 1.62. The van der Waals surface area contributed by atoms with E-state index in [2.05, 4.69) is 20.7 Å². The van der Waals surface area contributed by atoms with E-state index in [0.717, 1.165) is 12.8 Å². The highest BCUT2D eigenvalue weighted by Crippen LogP contribution is 2.02. The molecule has 0 radical (unpaired) electrons. The van der Waals surface area contributed by atoms with Gasteiger partial charge in [-0.2, -0.15) is 0 Å². The largest absolute Gasteiger partial charge is 0.467 e. The molecule has 0 saturated carbocycles. The summed E-state index contributed by atoms with van der Waals surface area (Å²) in [6, 6.07) is -1.10. The number of esters is 1. The lowest BCUT2D eigenvalue weighted by Gasteiger charge is -2.25. The molecule has 2 amide bonds. The van der Waals surface area contributed by atoms with Gasteiger partial charge in [-0.1, -0.05) is 0 Å². The summed E-state index contributed by atoms with van der Waals surface area (Å²) in [5, 5.41) is 8.18. The Hall–Kier alpha value is -1.63. The molecule has 0 bridgehead atoms. The van der Waals surface area contributed by atoms with Crippen molar-refractivity contribution in [3.05, 3.63) is 0 Å². The van der Waals surface area contributed by atoms with Gasteiger partial charge in [0.1, 0.15) is 6.04 Å². The van der Waals surface area contributed by atoms with Crippen LogP contribution in [0.2, 0.25) is 0 Å². The molecule has 2 unspecified atom stereocenters. The molecule has 1 saturated heterocycles. The van der Waals surface area contributed by atoms with Crippen LogP contribution in [0.4, 0.5) is 0 Å². The Bertz CT molecular complexity index is 332. The highest BCUT2D eigenvalue weighted by molar-refractivity contribution is 5.84. The van der Waals surface area contributed by atoms with Crippen LogP contribution in [0.25, 0.3) is 0 Å². The van der Waals surface area contributed by atoms with Crippen LogP contribution in [-0.4, -0.2) is 50.1 Å². The molecule has 102 valence electrons. The van der Waals surface area contributed by atoms with Crippen LogP contribution in [-0.2, 0) is 19.1 Å². The first-order chi connectivity index (χ1) is 8.54. The molecule has 18 heavy (non-hydrogen) atoms. The first kappa shape index (κ1) is 14.4. The number of ether oxygens (including phenoxy) is 1. The summed E-state index contributed by atoms with van der Waals surface area (Å²) in [5.41, 5.74) is 0. The normalized spacial score (nSPS) is 20.8. The van der Waals surface area contributed by atoms with E-state index < -0.39 is 12.0 Å². The minimum Gasteiger partial charge on any atom is -0.467 e. The van der Waals surface area contributed by atoms with E-state index in [4.69, 9.17) is 0 Å². The van der Waals surface area contributed by atoms with Gasteiger partial charge < -0.3 is 20.7 Å². The highest BCUT2D eigenvalue weighted by Gasteiger charge is 2.25. The number of hydrogen-bond acceptors (Lipinski definition) is 5. The first-order valence-corrected chi connectivity index (χ1v) is 5.90. The van der Waals surface area contributed by atoms with E-state index in [-0.39, 0.29) is 24.4 Å². The van der Waals surface area contributed by atoms with Crippen molar-refractivity contribution in [2.75, 3.05) is 20.2 Å². The predicted molar refractivity (Wildman–Crippen MR) is 63.7 cm³/mol. The van der Waals surface area contributed by atoms with Crippen LogP contribution in [0, 0.1) is 0 Å². The summed E-state index contributed by atoms with van der Waals surface area (Å²) in [7, 11) is 1.25. The maximum Gasteiger partial charge on any atom is 0.329 e. The monoisotopic (exact) mass is 257 g/mol. The molecule has 1 fully saturated rings. The minimum absolute atomic E-state index is 0.0762. The van der Waals surface area contributed by atoms with Crippen molar-refractivity contribution in [3.63, 3.8) is 0 Å². The van der Waals surface area contributed by atoms with E-state index in [1.807, 2.05) is 0 Å². The van der Waals surface area contributed by atoms with Gasteiger partial charge in [0, 0.05) is 20.0 Å². The standard InChI is InChI=1S/C11H19N3O4/c1-7(15)14-9(11(17)18-2)6-13-8-4-3-5-12-10(8)16/h8-9,13H,3-6H2,1-2H3,(H,12,16)(H,14,15). The fraction of sp³-hybridized carbons (Fsp3) is 0.727. The molecule has 1 aliphatic heterocycles. The van der Waals surface area contributed by atoms with Crippen molar-refractivity contribution in [2.24, 2.45) is 0 Å². The van der Waals surface area contributed by atoms with Crippen molar-refractivity contribution in [3.8, 4) is 0 Å². The Labute approximate surface area is 106 Å². The average Bonchev–Trinajstić information content (AvgIpc) is 2.34. The Balaban J connectivity index is 2.47. The number of rotatable bonds is 5. The van der Waals surface area contributed by atoms with Crippen LogP contribution < -0.4 is 16.0 Å². The number of amides is 2. The lowest BCUT2D eigenvalue weighted by atomic mass is 10.1. The number of carbonyl (C=O) groups excluding carboxylic acids is 3. The fourth-order valence-electron chi connectivity index (χ4n) is 1.81. The molecule has 3 N–H and O–H groups in total. The lowest BCUT2D eigenvalue weighted by Crippen LogP contribution is -2.54. The third-order valence-corrected chi connectivity index (χ3v) is 2.72. The van der Waals surface area contributed by atoms with Crippen LogP contribution in [0.5, 0.6) is 0 Å². The fourth-order valence-corrected chi connectivity index (χ4v) is 1.81. The molecule has 1 heterocycles. The lowest BCUT2D eigenvalue weighted by molar-refractivity contribution is -0.145. The van der Waals surface area contributed by atoms with Crippen LogP contribution in [0.1, 0.15) is 19.8 Å². The number of nitrogens with one attached hydrogen (secondary N) is 3. The number of piperidine rings is 1. The number of carbonyl (C=O) groups is 3. The van der Waals surface area contributed by atoms with Crippen LogP contribution in [0.15, 0.2) is 0 Å². The molecule has 7 nitrogen and oxygen atoms in total. The van der Waals surface area contributed by atoms with Crippen molar-refractivity contribution in [1.29, 1.82) is 0 Å². The highest BCUT2D eigenvalue weighted by atomic mass is 16.5. The SMILES string of the molecule is COC(=O)C(CNC1CCCNC1=O)NC(C)=O. The van der Waals surface area contributed by atoms with Gasteiger partial charge in [-0.05, 0) is 12.8 Å². The Morgan fingerprint density at radius 3 is 2.83 bits per heavy atom. The molecule has 2 atom stereocenters. The van der Waals surface area contributed by atoms with Gasteiger partial charge in [0.25, 0.3) is 0 Å². The van der Waals surface area contributed by atoms with Gasteiger partial charge in [0.15, 0.2) is 0 Å². The molecule has 1 rings (SSSR count). The quantitative estimate of drug-likeness (QED) is 0.523. The molecular weight excluding hydrogens is 238 g/mol. The minimum atomic E-state index is -0.776. The van der Waals surface area contributed by atoms with Crippen molar-refractivity contribution in [1.82, 2.24) is 16.0 Å². The van der Waals surface area contributed by atoms with Crippen LogP contribution >= 0.6 is 0 Å². The summed E-state index contributed by atoms with van der Waals surface area (Å²) >= 11 is 0. The second-order valence-electron chi connectivity index (χ2n) is 4.17. The van der Waals surface area contributed by atoms with E-state index in [1.165, 1.54) is 14.0 Å². The number of methoxy groups -OCH3 is 1. The maximum atomic E-state index is 11.5. The van der Waals surface area contributed by atoms with Crippen molar-refractivity contribution in [2.45, 2.75) is 31.8 Å². The van der Waals surface area contributed by atoms with E-state index >= 15 is 0 Å². The van der Waals surface area contributed by atoms with E-state index in [9.17, 15) is 14.4 Å². The zero-order valence-electron chi connectivity index (χ0n) is 10.6. The zero-order valence-corrected chi connectivity index (χ0v) is 10.6. The summed E-state index contributed by atoms with van der Waals surface area (Å²) in [4.78, 5) is 33.9. The zero-order chi connectivity index (χ0) is 13.5.